The maximum absolute atomic E-state index is 12.8. The summed E-state index contributed by atoms with van der Waals surface area (Å²) in [4.78, 5) is 14.9. The van der Waals surface area contributed by atoms with E-state index in [-0.39, 0.29) is 5.91 Å². The number of carbonyl (C=O) groups excluding carboxylic acids is 1. The molecule has 1 aliphatic carbocycles. The van der Waals surface area contributed by atoms with Crippen molar-refractivity contribution in [2.45, 2.75) is 38.3 Å². The van der Waals surface area contributed by atoms with Crippen molar-refractivity contribution >= 4 is 5.91 Å². The van der Waals surface area contributed by atoms with Gasteiger partial charge in [-0.3, -0.25) is 4.79 Å². The fourth-order valence-electron chi connectivity index (χ4n) is 3.96. The molecule has 2 heterocycles. The molecule has 0 radical (unpaired) electrons. The van der Waals surface area contributed by atoms with Crippen LogP contribution in [0.4, 0.5) is 0 Å². The average molecular weight is 296 g/mol. The summed E-state index contributed by atoms with van der Waals surface area (Å²) in [5.74, 6) is 0.928. The first-order chi connectivity index (χ1) is 10.8. The van der Waals surface area contributed by atoms with Crippen LogP contribution < -0.4 is 0 Å². The molecule has 0 unspecified atom stereocenters. The Bertz CT molecular complexity index is 667. The number of fused-ring (bicyclic) bond motifs is 1. The first kappa shape index (κ1) is 13.5. The van der Waals surface area contributed by atoms with Gasteiger partial charge in [0.2, 0.25) is 0 Å². The van der Waals surface area contributed by atoms with Gasteiger partial charge in [-0.15, -0.1) is 5.10 Å². The second kappa shape index (κ2) is 5.55. The third kappa shape index (κ3) is 2.40. The van der Waals surface area contributed by atoms with Crippen molar-refractivity contribution in [1.82, 2.24) is 19.9 Å². The van der Waals surface area contributed by atoms with Crippen molar-refractivity contribution in [2.75, 3.05) is 6.54 Å². The molecule has 2 atom stereocenters. The Morgan fingerprint density at radius 1 is 1.27 bits per heavy atom. The monoisotopic (exact) mass is 296 g/mol. The van der Waals surface area contributed by atoms with E-state index in [0.717, 1.165) is 23.6 Å². The smallest absolute Gasteiger partial charge is 0.254 e. The molecule has 0 bridgehead atoms. The van der Waals surface area contributed by atoms with E-state index < -0.39 is 0 Å². The largest absolute Gasteiger partial charge is 0.335 e. The highest BCUT2D eigenvalue weighted by atomic mass is 16.2. The Balaban J connectivity index is 1.53. The predicted octanol–water partition coefficient (Wildman–Crippen LogP) is 2.34. The van der Waals surface area contributed by atoms with Crippen LogP contribution in [0.2, 0.25) is 0 Å². The van der Waals surface area contributed by atoms with Gasteiger partial charge in [-0.25, -0.2) is 4.68 Å². The van der Waals surface area contributed by atoms with Crippen LogP contribution in [0, 0.1) is 5.92 Å². The fraction of sp³-hybridized carbons (Fsp3) is 0.471. The van der Waals surface area contributed by atoms with Crippen LogP contribution in [0.15, 0.2) is 36.7 Å². The molecule has 4 rings (SSSR count). The Hall–Kier alpha value is -2.17. The van der Waals surface area contributed by atoms with E-state index in [9.17, 15) is 4.79 Å². The lowest BCUT2D eigenvalue weighted by Crippen LogP contribution is -2.36. The van der Waals surface area contributed by atoms with Crippen molar-refractivity contribution in [1.29, 1.82) is 0 Å². The summed E-state index contributed by atoms with van der Waals surface area (Å²) in [6, 6.07) is 8.39. The van der Waals surface area contributed by atoms with Gasteiger partial charge in [0.1, 0.15) is 0 Å². The number of hydrogen-bond acceptors (Lipinski definition) is 3. The van der Waals surface area contributed by atoms with Crippen LogP contribution in [0.25, 0.3) is 0 Å². The van der Waals surface area contributed by atoms with E-state index in [1.807, 2.05) is 30.5 Å². The third-order valence-electron chi connectivity index (χ3n) is 5.01. The molecular weight excluding hydrogens is 276 g/mol. The van der Waals surface area contributed by atoms with Gasteiger partial charge in [0.05, 0.1) is 12.7 Å². The van der Waals surface area contributed by atoms with E-state index in [0.29, 0.717) is 12.6 Å². The first-order valence-corrected chi connectivity index (χ1v) is 8.05. The summed E-state index contributed by atoms with van der Waals surface area (Å²) in [5, 5.41) is 7.79. The lowest BCUT2D eigenvalue weighted by atomic mass is 10.0. The molecule has 2 aromatic rings. The molecule has 0 spiro atoms. The van der Waals surface area contributed by atoms with Gasteiger partial charge in [0, 0.05) is 24.3 Å². The van der Waals surface area contributed by atoms with Crippen molar-refractivity contribution in [3.05, 3.63) is 47.8 Å². The molecule has 5 heteroatoms. The van der Waals surface area contributed by atoms with Gasteiger partial charge in [0.25, 0.3) is 5.91 Å². The van der Waals surface area contributed by atoms with Crippen molar-refractivity contribution in [3.8, 4) is 0 Å². The van der Waals surface area contributed by atoms with Crippen LogP contribution >= 0.6 is 0 Å². The molecule has 1 aliphatic heterocycles. The minimum atomic E-state index is 0.190. The number of hydrogen-bond donors (Lipinski definition) is 0. The first-order valence-electron chi connectivity index (χ1n) is 8.05. The second-order valence-corrected chi connectivity index (χ2v) is 6.35. The van der Waals surface area contributed by atoms with E-state index in [1.54, 1.807) is 10.9 Å². The van der Waals surface area contributed by atoms with Gasteiger partial charge >= 0.3 is 0 Å². The number of benzene rings is 1. The summed E-state index contributed by atoms with van der Waals surface area (Å²) in [6.45, 7) is 1.56. The summed E-state index contributed by atoms with van der Waals surface area (Å²) < 4.78 is 1.77. The predicted molar refractivity (Wildman–Crippen MR) is 82.3 cm³/mol. The Morgan fingerprint density at radius 3 is 3.09 bits per heavy atom. The number of aromatic nitrogens is 3. The van der Waals surface area contributed by atoms with Crippen LogP contribution in [0.3, 0.4) is 0 Å². The van der Waals surface area contributed by atoms with Gasteiger partial charge in [0.15, 0.2) is 0 Å². The fourth-order valence-corrected chi connectivity index (χ4v) is 3.96. The molecular formula is C17H20N4O. The molecule has 1 saturated carbocycles. The van der Waals surface area contributed by atoms with Crippen LogP contribution in [-0.2, 0) is 6.54 Å². The van der Waals surface area contributed by atoms with Crippen LogP contribution in [-0.4, -0.2) is 38.4 Å². The van der Waals surface area contributed by atoms with Gasteiger partial charge < -0.3 is 4.90 Å². The zero-order valence-corrected chi connectivity index (χ0v) is 12.6. The molecule has 114 valence electrons. The highest BCUT2D eigenvalue weighted by Gasteiger charge is 2.39. The Morgan fingerprint density at radius 2 is 2.23 bits per heavy atom. The van der Waals surface area contributed by atoms with E-state index in [2.05, 4.69) is 15.2 Å². The van der Waals surface area contributed by atoms with Crippen LogP contribution in [0.1, 0.15) is 41.6 Å². The molecule has 22 heavy (non-hydrogen) atoms. The third-order valence-corrected chi connectivity index (χ3v) is 5.01. The summed E-state index contributed by atoms with van der Waals surface area (Å²) in [7, 11) is 0. The zero-order chi connectivity index (χ0) is 14.9. The van der Waals surface area contributed by atoms with Gasteiger partial charge in [-0.2, -0.15) is 0 Å². The molecule has 1 aromatic carbocycles. The SMILES string of the molecule is O=C(c1cccc(Cn2ccnn2)c1)N1CC[C@@H]2CCC[C@@H]21. The van der Waals surface area contributed by atoms with Crippen molar-refractivity contribution in [2.24, 2.45) is 5.92 Å². The molecule has 2 aliphatic rings. The number of rotatable bonds is 3. The average Bonchev–Trinajstić information content (AvgIpc) is 3.24. The molecule has 2 fully saturated rings. The maximum atomic E-state index is 12.8. The highest BCUT2D eigenvalue weighted by molar-refractivity contribution is 5.94. The quantitative estimate of drug-likeness (QED) is 0.873. The lowest BCUT2D eigenvalue weighted by Gasteiger charge is -2.24. The number of amides is 1. The Kier molecular flexibility index (Phi) is 3.41. The van der Waals surface area contributed by atoms with Crippen LogP contribution in [0.5, 0.6) is 0 Å². The van der Waals surface area contributed by atoms with Gasteiger partial charge in [-0.05, 0) is 42.9 Å². The minimum Gasteiger partial charge on any atom is -0.335 e. The van der Waals surface area contributed by atoms with E-state index >= 15 is 0 Å². The molecule has 1 amide bonds. The Labute approximate surface area is 129 Å². The minimum absolute atomic E-state index is 0.190. The zero-order valence-electron chi connectivity index (χ0n) is 12.6. The normalized spacial score (nSPS) is 23.7. The summed E-state index contributed by atoms with van der Waals surface area (Å²) >= 11 is 0. The summed E-state index contributed by atoms with van der Waals surface area (Å²) in [6.07, 6.45) is 8.41. The van der Waals surface area contributed by atoms with Crippen molar-refractivity contribution in [3.63, 3.8) is 0 Å². The molecule has 0 N–H and O–H groups in total. The highest BCUT2D eigenvalue weighted by Crippen LogP contribution is 2.38. The summed E-state index contributed by atoms with van der Waals surface area (Å²) in [5.41, 5.74) is 1.88. The number of carbonyl (C=O) groups is 1. The maximum Gasteiger partial charge on any atom is 0.254 e. The lowest BCUT2D eigenvalue weighted by molar-refractivity contribution is 0.0728. The standard InChI is InChI=1S/C17H20N4O/c22-17(21-9-7-14-4-2-6-16(14)21)15-5-1-3-13(11-15)12-20-10-8-18-19-20/h1,3,5,8,10-11,14,16H,2,4,6-7,9,12H2/t14-,16-/m0/s1. The molecule has 5 nitrogen and oxygen atoms in total. The molecule has 1 aromatic heterocycles. The van der Waals surface area contributed by atoms with Crippen molar-refractivity contribution < 1.29 is 4.79 Å². The second-order valence-electron chi connectivity index (χ2n) is 6.35. The molecule has 1 saturated heterocycles. The topological polar surface area (TPSA) is 51.0 Å². The van der Waals surface area contributed by atoms with E-state index in [4.69, 9.17) is 0 Å². The van der Waals surface area contributed by atoms with Gasteiger partial charge in [-0.1, -0.05) is 23.8 Å². The van der Waals surface area contributed by atoms with E-state index in [1.165, 1.54) is 25.7 Å². The number of likely N-dealkylation sites (tertiary alicyclic amines) is 1. The number of nitrogens with zero attached hydrogens (tertiary/aromatic N) is 4.